The van der Waals surface area contributed by atoms with Crippen LogP contribution < -0.4 is 5.32 Å². The van der Waals surface area contributed by atoms with Crippen molar-refractivity contribution in [3.8, 4) is 0 Å². The van der Waals surface area contributed by atoms with Gasteiger partial charge in [-0.25, -0.2) is 0 Å². The van der Waals surface area contributed by atoms with Crippen molar-refractivity contribution in [3.05, 3.63) is 179 Å². The molecule has 0 spiro atoms. The van der Waals surface area contributed by atoms with E-state index in [1.807, 2.05) is 152 Å². The number of esters is 5. The second kappa shape index (κ2) is 40.7. The molecule has 0 aliphatic carbocycles. The van der Waals surface area contributed by atoms with Gasteiger partial charge in [-0.3, -0.25) is 28.8 Å². The summed E-state index contributed by atoms with van der Waals surface area (Å²) in [6, 6.07) is 45.4. The van der Waals surface area contributed by atoms with Crippen LogP contribution in [0.2, 0.25) is 0 Å². The molecule has 5 heterocycles. The molecular formula is C78H94Cl3NO28. The van der Waals surface area contributed by atoms with E-state index in [2.05, 4.69) is 5.32 Å². The second-order valence-electron chi connectivity index (χ2n) is 27.0. The molecule has 5 saturated heterocycles. The summed E-state index contributed by atoms with van der Waals surface area (Å²) in [5, 5.41) is 27.2. The van der Waals surface area contributed by atoms with Crippen molar-refractivity contribution in [3.63, 3.8) is 0 Å². The Hall–Kier alpha value is -6.89. The Balaban J connectivity index is 1.09. The van der Waals surface area contributed by atoms with E-state index in [1.54, 1.807) is 6.92 Å². The van der Waals surface area contributed by atoms with E-state index >= 15 is 0 Å². The fourth-order valence-corrected chi connectivity index (χ4v) is 13.7. The number of hydrogen-bond donors (Lipinski definition) is 3. The lowest BCUT2D eigenvalue weighted by Gasteiger charge is -2.52. The number of halogens is 3. The normalized spacial score (nSPS) is 32.5. The number of benzene rings is 5. The van der Waals surface area contributed by atoms with Crippen molar-refractivity contribution < 1.29 is 134 Å². The van der Waals surface area contributed by atoms with E-state index < -0.39 is 200 Å². The van der Waals surface area contributed by atoms with Gasteiger partial charge in [-0.1, -0.05) is 186 Å². The number of amides is 1. The fourth-order valence-electron chi connectivity index (χ4n) is 13.5. The predicted octanol–water partition coefficient (Wildman–Crippen LogP) is 7.28. The molecule has 5 aliphatic rings. The second-order valence-corrected chi connectivity index (χ2v) is 29.3. The minimum absolute atomic E-state index is 0.00118. The van der Waals surface area contributed by atoms with E-state index in [0.29, 0.717) is 0 Å². The minimum atomic E-state index is -2.83. The summed E-state index contributed by atoms with van der Waals surface area (Å²) in [5.74, 6) is -6.07. The standard InChI is InChI=1S/C78H94Cl3NO28/c1-42-58(88)59(89)65(108-72-57(82-77(90)78(79,80)81)64(63(102-47(6)85)56(105-72)41-93-45(4)83)107-76-71(104-49(8)87)68(103-48(7)86)61(44(3)100-76)101-46(5)84)74(98-42)110-70-67(60(43(2)99-73(70)91-9)94-36-51-27-17-11-18-28-51)109-75-69(97-39-54-33-23-14-24-34-54)66(96-38-53-31-21-13-22-32-53)62(95-37-52-29-19-12-20-30-52)55(106-75)40-92-35-50-25-15-10-16-26-50/h10-34,42-44,55-76,88-89H,35-41H2,1-9H3,(H,82,90)/t42-,43-,44-,55+,56+,57+,58-,59+,60-,61-,62+,63+,64+,65+,66-,67+,68+,69+,70+,71+,72-,73+,74-,75+,76-/m0/s1. The van der Waals surface area contributed by atoms with E-state index in [4.69, 9.17) is 130 Å². The van der Waals surface area contributed by atoms with E-state index in [-0.39, 0.29) is 39.6 Å². The summed E-state index contributed by atoms with van der Waals surface area (Å²) >= 11 is 18.9. The molecule has 0 unspecified atom stereocenters. The Bertz CT molecular complexity index is 3710. The zero-order chi connectivity index (χ0) is 78.8. The summed E-state index contributed by atoms with van der Waals surface area (Å²) < 4.78 is 128. The summed E-state index contributed by atoms with van der Waals surface area (Å²) in [6.45, 7) is 9.22. The third-order valence-corrected chi connectivity index (χ3v) is 19.1. The van der Waals surface area contributed by atoms with Crippen LogP contribution in [0, 0.1) is 0 Å². The first-order chi connectivity index (χ1) is 52.7. The summed E-state index contributed by atoms with van der Waals surface area (Å²) in [7, 11) is 1.35. The van der Waals surface area contributed by atoms with Gasteiger partial charge in [0.2, 0.25) is 0 Å². The summed E-state index contributed by atoms with van der Waals surface area (Å²) in [4.78, 5) is 79.2. The Morgan fingerprint density at radius 1 is 0.373 bits per heavy atom. The smallest absolute Gasteiger partial charge is 0.303 e. The van der Waals surface area contributed by atoms with Crippen molar-refractivity contribution in [2.45, 2.75) is 246 Å². The highest BCUT2D eigenvalue weighted by Crippen LogP contribution is 2.42. The first-order valence-corrected chi connectivity index (χ1v) is 37.1. The molecule has 3 N–H and O–H groups in total. The third kappa shape index (κ3) is 23.4. The van der Waals surface area contributed by atoms with Crippen LogP contribution in [0.3, 0.4) is 0 Å². The highest BCUT2D eigenvalue weighted by atomic mass is 35.6. The Labute approximate surface area is 651 Å². The van der Waals surface area contributed by atoms with Crippen LogP contribution in [0.25, 0.3) is 0 Å². The number of nitrogens with one attached hydrogen (secondary N) is 1. The van der Waals surface area contributed by atoms with Crippen LogP contribution in [0.15, 0.2) is 152 Å². The van der Waals surface area contributed by atoms with Crippen LogP contribution in [0.5, 0.6) is 0 Å². The number of methoxy groups -OCH3 is 1. The highest BCUT2D eigenvalue weighted by molar-refractivity contribution is 6.76. The summed E-state index contributed by atoms with van der Waals surface area (Å²) in [5.41, 5.74) is 4.08. The largest absolute Gasteiger partial charge is 0.463 e. The van der Waals surface area contributed by atoms with Crippen LogP contribution >= 0.6 is 34.8 Å². The molecule has 0 aromatic heterocycles. The number of aliphatic hydroxyl groups excluding tert-OH is 2. The molecule has 5 aromatic carbocycles. The quantitative estimate of drug-likeness (QED) is 0.0216. The van der Waals surface area contributed by atoms with Crippen molar-refractivity contribution in [2.75, 3.05) is 20.3 Å². The van der Waals surface area contributed by atoms with Gasteiger partial charge in [0.15, 0.2) is 55.9 Å². The molecule has 0 saturated carbocycles. The van der Waals surface area contributed by atoms with Gasteiger partial charge in [-0.05, 0) is 48.6 Å². The first-order valence-electron chi connectivity index (χ1n) is 35.9. The van der Waals surface area contributed by atoms with Gasteiger partial charge in [0.1, 0.15) is 85.9 Å². The van der Waals surface area contributed by atoms with Crippen LogP contribution in [0.1, 0.15) is 83.2 Å². The van der Waals surface area contributed by atoms with Gasteiger partial charge in [0.25, 0.3) is 9.70 Å². The number of alkyl halides is 3. The van der Waals surface area contributed by atoms with Gasteiger partial charge < -0.3 is 110 Å². The minimum Gasteiger partial charge on any atom is -0.463 e. The Morgan fingerprint density at radius 3 is 1.25 bits per heavy atom. The maximum absolute atomic E-state index is 14.4. The first kappa shape index (κ1) is 85.5. The molecule has 0 radical (unpaired) electrons. The zero-order valence-electron chi connectivity index (χ0n) is 62.0. The molecule has 25 atom stereocenters. The van der Waals surface area contributed by atoms with Gasteiger partial charge in [-0.2, -0.15) is 0 Å². The average Bonchev–Trinajstić information content (AvgIpc) is 0.760. The lowest BCUT2D eigenvalue weighted by molar-refractivity contribution is -0.405. The maximum Gasteiger partial charge on any atom is 0.303 e. The van der Waals surface area contributed by atoms with Crippen LogP contribution in [0.4, 0.5) is 0 Å². The molecule has 110 heavy (non-hydrogen) atoms. The predicted molar refractivity (Wildman–Crippen MR) is 386 cm³/mol. The molecule has 1 amide bonds. The number of carbonyl (C=O) groups excluding carboxylic acids is 6. The van der Waals surface area contributed by atoms with Gasteiger partial charge in [0.05, 0.1) is 58.0 Å². The lowest BCUT2D eigenvalue weighted by atomic mass is 9.94. The number of hydrogen-bond acceptors (Lipinski definition) is 28. The molecular weight excluding hydrogens is 1510 g/mol. The van der Waals surface area contributed by atoms with Gasteiger partial charge >= 0.3 is 29.8 Å². The zero-order valence-corrected chi connectivity index (χ0v) is 64.2. The Morgan fingerprint density at radius 2 is 0.755 bits per heavy atom. The van der Waals surface area contributed by atoms with E-state index in [0.717, 1.165) is 62.4 Å². The molecule has 29 nitrogen and oxygen atoms in total. The van der Waals surface area contributed by atoms with Crippen molar-refractivity contribution in [2.24, 2.45) is 0 Å². The van der Waals surface area contributed by atoms with Crippen LogP contribution in [-0.2, 0) is 157 Å². The molecule has 5 aliphatic heterocycles. The van der Waals surface area contributed by atoms with Gasteiger partial charge in [0, 0.05) is 41.7 Å². The van der Waals surface area contributed by atoms with Crippen molar-refractivity contribution >= 4 is 70.6 Å². The van der Waals surface area contributed by atoms with Gasteiger partial charge in [-0.15, -0.1) is 0 Å². The monoisotopic (exact) mass is 1600 g/mol. The molecule has 0 bridgehead atoms. The number of aliphatic hydroxyl groups is 2. The SMILES string of the molecule is CO[C@@H]1O[C@@H](C)[C@H](OCc2ccccc2)[C@@H](O[C@H]2O[C@H](COCc3ccccc3)[C@@H](OCc3ccccc3)[C@H](OCc3ccccc3)[C@H]2OCc2ccccc2)[C@H]1O[C@@H]1O[C@@H](C)[C@H](O)[C@@H](O)[C@H]1O[C@@H]1O[C@H](COC(C)=O)[C@@H](OC(C)=O)[C@H](O[C@@H]2O[C@@H](C)[C@H](OC(C)=O)[C@@H](OC(C)=O)[C@H]2OC(C)=O)[C@H]1NC(=O)C(Cl)(Cl)Cl. The van der Waals surface area contributed by atoms with Crippen molar-refractivity contribution in [1.29, 1.82) is 0 Å². The van der Waals surface area contributed by atoms with Crippen molar-refractivity contribution in [1.82, 2.24) is 5.32 Å². The number of ether oxygens (including phenoxy) is 20. The maximum atomic E-state index is 14.4. The fraction of sp³-hybridized carbons (Fsp3) is 0.538. The molecule has 32 heteroatoms. The van der Waals surface area contributed by atoms with E-state index in [1.165, 1.54) is 21.0 Å². The highest BCUT2D eigenvalue weighted by Gasteiger charge is 2.61. The lowest BCUT2D eigenvalue weighted by Crippen LogP contribution is -2.71. The van der Waals surface area contributed by atoms with E-state index in [9.17, 15) is 39.0 Å². The number of rotatable bonds is 32. The summed E-state index contributed by atoms with van der Waals surface area (Å²) in [6.07, 6.45) is -37.2. The Kier molecular flexibility index (Phi) is 31.7. The average molecular weight is 1600 g/mol. The molecule has 600 valence electrons. The van der Waals surface area contributed by atoms with Crippen LogP contribution in [-0.4, -0.2) is 224 Å². The topological polar surface area (TPSA) is 340 Å². The molecule has 5 aromatic rings. The molecule has 10 rings (SSSR count). The number of carbonyl (C=O) groups is 6. The molecule has 5 fully saturated rings. The third-order valence-electron chi connectivity index (χ3n) is 18.6.